The summed E-state index contributed by atoms with van der Waals surface area (Å²) in [6.45, 7) is 0. The number of carbonyl (C=O) groups is 2. The number of amides is 1. The van der Waals surface area contributed by atoms with E-state index in [4.69, 9.17) is 5.11 Å². The van der Waals surface area contributed by atoms with Crippen molar-refractivity contribution in [3.8, 4) is 0 Å². The van der Waals surface area contributed by atoms with Gasteiger partial charge in [-0.2, -0.15) is 16.5 Å². The van der Waals surface area contributed by atoms with E-state index in [1.165, 1.54) is 42.1 Å². The Morgan fingerprint density at radius 2 is 1.86 bits per heavy atom. The molecule has 0 saturated carbocycles. The van der Waals surface area contributed by atoms with Crippen LogP contribution in [0, 0.1) is 0 Å². The third kappa shape index (κ3) is 6.33. The van der Waals surface area contributed by atoms with Gasteiger partial charge in [-0.3, -0.25) is 4.79 Å². The number of carboxylic acid groups (broad SMARTS) is 1. The van der Waals surface area contributed by atoms with E-state index in [-0.39, 0.29) is 22.6 Å². The molecule has 2 aromatic rings. The largest absolute Gasteiger partial charge is 0.478 e. The van der Waals surface area contributed by atoms with E-state index in [1.54, 1.807) is 18.2 Å². The summed E-state index contributed by atoms with van der Waals surface area (Å²) in [5.41, 5.74) is 0.302. The monoisotopic (exact) mass is 486 g/mol. The molecule has 10 heteroatoms. The van der Waals surface area contributed by atoms with Crippen molar-refractivity contribution in [1.29, 1.82) is 0 Å². The number of nitrogens with one attached hydrogen (secondary N) is 2. The lowest BCUT2D eigenvalue weighted by Gasteiger charge is -2.18. The van der Waals surface area contributed by atoms with E-state index in [0.717, 1.165) is 4.47 Å². The maximum atomic E-state index is 12.7. The number of thioether (sulfide) groups is 1. The number of rotatable bonds is 9. The first kappa shape index (κ1) is 22.4. The zero-order valence-corrected chi connectivity index (χ0v) is 18.1. The van der Waals surface area contributed by atoms with Crippen LogP contribution in [0.25, 0.3) is 0 Å². The lowest BCUT2D eigenvalue weighted by atomic mass is 10.2. The number of hydrogen-bond donors (Lipinski definition) is 3. The minimum Gasteiger partial charge on any atom is -0.478 e. The van der Waals surface area contributed by atoms with E-state index in [9.17, 15) is 18.0 Å². The topological polar surface area (TPSA) is 113 Å². The van der Waals surface area contributed by atoms with Gasteiger partial charge in [-0.05, 0) is 60.9 Å². The number of anilines is 1. The van der Waals surface area contributed by atoms with Crippen LogP contribution in [0.3, 0.4) is 0 Å². The van der Waals surface area contributed by atoms with Gasteiger partial charge in [-0.25, -0.2) is 13.2 Å². The molecule has 0 heterocycles. The van der Waals surface area contributed by atoms with Crippen molar-refractivity contribution in [2.24, 2.45) is 0 Å². The third-order valence-corrected chi connectivity index (χ3v) is 6.39. The first-order valence-electron chi connectivity index (χ1n) is 8.14. The molecule has 0 saturated heterocycles. The summed E-state index contributed by atoms with van der Waals surface area (Å²) < 4.78 is 28.4. The standard InChI is InChI=1S/C18H19BrN2O5S2/c1-27-10-9-16(21-28(25,26)15-7-5-13(19)6-8-15)17(22)20-14-4-2-3-12(11-14)18(23)24/h2-8,11,16,21H,9-10H2,1H3,(H,20,22)(H,23,24)/t16-/m0/s1. The molecule has 0 aliphatic carbocycles. The molecule has 0 aliphatic rings. The predicted molar refractivity (Wildman–Crippen MR) is 113 cm³/mol. The van der Waals surface area contributed by atoms with Crippen molar-refractivity contribution >= 4 is 55.3 Å². The number of aromatic carboxylic acids is 1. The second kappa shape index (κ2) is 10.1. The number of carbonyl (C=O) groups excluding carboxylic acids is 1. The lowest BCUT2D eigenvalue weighted by molar-refractivity contribution is -0.117. The van der Waals surface area contributed by atoms with Gasteiger partial charge in [-0.15, -0.1) is 0 Å². The van der Waals surface area contributed by atoms with Gasteiger partial charge in [0.25, 0.3) is 0 Å². The molecule has 1 amide bonds. The maximum absolute atomic E-state index is 12.7. The highest BCUT2D eigenvalue weighted by atomic mass is 79.9. The van der Waals surface area contributed by atoms with Crippen LogP contribution in [0.2, 0.25) is 0 Å². The van der Waals surface area contributed by atoms with Gasteiger partial charge in [0.15, 0.2) is 0 Å². The number of carboxylic acids is 1. The second-order valence-electron chi connectivity index (χ2n) is 5.78. The van der Waals surface area contributed by atoms with Crippen LogP contribution in [-0.2, 0) is 14.8 Å². The molecule has 150 valence electrons. The van der Waals surface area contributed by atoms with Gasteiger partial charge >= 0.3 is 5.97 Å². The van der Waals surface area contributed by atoms with Crippen LogP contribution in [0.5, 0.6) is 0 Å². The molecule has 0 aliphatic heterocycles. The Kier molecular flexibility index (Phi) is 8.05. The number of sulfonamides is 1. The first-order chi connectivity index (χ1) is 13.2. The van der Waals surface area contributed by atoms with Crippen molar-refractivity contribution in [1.82, 2.24) is 4.72 Å². The quantitative estimate of drug-likeness (QED) is 0.501. The van der Waals surface area contributed by atoms with Gasteiger partial charge in [0.05, 0.1) is 10.5 Å². The average molecular weight is 487 g/mol. The number of halogens is 1. The third-order valence-electron chi connectivity index (χ3n) is 3.73. The van der Waals surface area contributed by atoms with E-state index in [1.807, 2.05) is 6.26 Å². The summed E-state index contributed by atoms with van der Waals surface area (Å²) in [5, 5.41) is 11.6. The highest BCUT2D eigenvalue weighted by Crippen LogP contribution is 2.17. The van der Waals surface area contributed by atoms with Crippen molar-refractivity contribution in [2.75, 3.05) is 17.3 Å². The Labute approximate surface area is 176 Å². The molecule has 7 nitrogen and oxygen atoms in total. The molecule has 2 rings (SSSR count). The molecule has 0 radical (unpaired) electrons. The highest BCUT2D eigenvalue weighted by Gasteiger charge is 2.25. The minimum absolute atomic E-state index is 0.0221. The summed E-state index contributed by atoms with van der Waals surface area (Å²) in [6.07, 6.45) is 2.13. The molecule has 2 aromatic carbocycles. The number of hydrogen-bond acceptors (Lipinski definition) is 5. The lowest BCUT2D eigenvalue weighted by Crippen LogP contribution is -2.44. The molecule has 0 aromatic heterocycles. The van der Waals surface area contributed by atoms with E-state index in [0.29, 0.717) is 5.75 Å². The summed E-state index contributed by atoms with van der Waals surface area (Å²) >= 11 is 4.73. The Balaban J connectivity index is 2.20. The fraction of sp³-hybridized carbons (Fsp3) is 0.222. The smallest absolute Gasteiger partial charge is 0.335 e. The minimum atomic E-state index is -3.90. The van der Waals surface area contributed by atoms with E-state index < -0.39 is 27.9 Å². The van der Waals surface area contributed by atoms with Gasteiger partial charge in [0.1, 0.15) is 6.04 Å². The summed E-state index contributed by atoms with van der Waals surface area (Å²) in [5.74, 6) is -1.11. The Bertz CT molecular complexity index is 949. The van der Waals surface area contributed by atoms with Gasteiger partial charge < -0.3 is 10.4 Å². The van der Waals surface area contributed by atoms with Crippen LogP contribution in [0.4, 0.5) is 5.69 Å². The van der Waals surface area contributed by atoms with Crippen molar-refractivity contribution < 1.29 is 23.1 Å². The Hall–Kier alpha value is -1.88. The molecule has 0 spiro atoms. The molecule has 0 unspecified atom stereocenters. The van der Waals surface area contributed by atoms with E-state index >= 15 is 0 Å². The highest BCUT2D eigenvalue weighted by molar-refractivity contribution is 9.10. The fourth-order valence-electron chi connectivity index (χ4n) is 2.31. The van der Waals surface area contributed by atoms with Crippen molar-refractivity contribution in [2.45, 2.75) is 17.4 Å². The summed E-state index contributed by atoms with van der Waals surface area (Å²) in [6, 6.07) is 10.8. The normalized spacial score (nSPS) is 12.4. The average Bonchev–Trinajstić information content (AvgIpc) is 2.65. The van der Waals surface area contributed by atoms with Crippen LogP contribution in [-0.4, -0.2) is 43.5 Å². The second-order valence-corrected chi connectivity index (χ2v) is 9.40. The SMILES string of the molecule is CSCC[C@H](NS(=O)(=O)c1ccc(Br)cc1)C(=O)Nc1cccc(C(=O)O)c1. The Morgan fingerprint density at radius 3 is 2.46 bits per heavy atom. The van der Waals surface area contributed by atoms with Gasteiger partial charge in [0.2, 0.25) is 15.9 Å². The molecule has 0 bridgehead atoms. The van der Waals surface area contributed by atoms with Crippen LogP contribution in [0.1, 0.15) is 16.8 Å². The zero-order valence-electron chi connectivity index (χ0n) is 14.9. The first-order valence-corrected chi connectivity index (χ1v) is 11.8. The van der Waals surface area contributed by atoms with Gasteiger partial charge in [-0.1, -0.05) is 22.0 Å². The molecule has 28 heavy (non-hydrogen) atoms. The molecule has 1 atom stereocenters. The zero-order chi connectivity index (χ0) is 20.7. The van der Waals surface area contributed by atoms with Crippen molar-refractivity contribution in [3.63, 3.8) is 0 Å². The van der Waals surface area contributed by atoms with Crippen LogP contribution in [0.15, 0.2) is 57.9 Å². The predicted octanol–water partition coefficient (Wildman–Crippen LogP) is 3.19. The maximum Gasteiger partial charge on any atom is 0.335 e. The van der Waals surface area contributed by atoms with Gasteiger partial charge in [0, 0.05) is 10.2 Å². The molecule has 0 fully saturated rings. The fourth-order valence-corrected chi connectivity index (χ4v) is 4.27. The number of benzene rings is 2. The molecular weight excluding hydrogens is 468 g/mol. The Morgan fingerprint density at radius 1 is 1.18 bits per heavy atom. The molecular formula is C18H19BrN2O5S2. The summed E-state index contributed by atoms with van der Waals surface area (Å²) in [7, 11) is -3.90. The van der Waals surface area contributed by atoms with Crippen LogP contribution < -0.4 is 10.0 Å². The van der Waals surface area contributed by atoms with Crippen LogP contribution >= 0.6 is 27.7 Å². The molecule has 3 N–H and O–H groups in total. The van der Waals surface area contributed by atoms with Crippen molar-refractivity contribution in [3.05, 3.63) is 58.6 Å². The van der Waals surface area contributed by atoms with E-state index in [2.05, 4.69) is 26.0 Å². The summed E-state index contributed by atoms with van der Waals surface area (Å²) in [4.78, 5) is 23.8.